The predicted octanol–water partition coefficient (Wildman–Crippen LogP) is 2.68. The maximum Gasteiger partial charge on any atom is 0.147 e. The topological polar surface area (TPSA) is 66.0 Å². The first-order valence-corrected chi connectivity index (χ1v) is 6.24. The molecule has 1 aliphatic carbocycles. The highest BCUT2D eigenvalue weighted by atomic mass is 35.5. The maximum absolute atomic E-state index is 7.28. The van der Waals surface area contributed by atoms with Gasteiger partial charge in [-0.3, -0.25) is 5.41 Å². The van der Waals surface area contributed by atoms with Gasteiger partial charge in [-0.2, -0.15) is 0 Å². The van der Waals surface area contributed by atoms with Crippen molar-refractivity contribution in [2.75, 3.05) is 11.4 Å². The van der Waals surface area contributed by atoms with Crippen LogP contribution in [0.2, 0.25) is 10.0 Å². The van der Waals surface area contributed by atoms with Gasteiger partial charge in [0.1, 0.15) is 5.82 Å². The van der Waals surface area contributed by atoms with E-state index in [0.29, 0.717) is 29.1 Å². The third-order valence-electron chi connectivity index (χ3n) is 2.67. The van der Waals surface area contributed by atoms with E-state index in [0.717, 1.165) is 18.7 Å². The number of halogens is 2. The van der Waals surface area contributed by atoms with Gasteiger partial charge >= 0.3 is 0 Å². The van der Waals surface area contributed by atoms with E-state index in [1.54, 1.807) is 12.3 Å². The molecule has 0 saturated heterocycles. The molecule has 0 amide bonds. The molecule has 92 valence electrons. The molecule has 1 saturated carbocycles. The lowest BCUT2D eigenvalue weighted by Crippen LogP contribution is -2.30. The zero-order valence-electron chi connectivity index (χ0n) is 9.29. The minimum Gasteiger partial charge on any atom is -0.388 e. The maximum atomic E-state index is 7.28. The van der Waals surface area contributed by atoms with Gasteiger partial charge in [0, 0.05) is 25.2 Å². The standard InChI is InChI=1S/C11H14Cl2N4/c12-7-5-9(13)11(16-6-7)17(8-1-2-8)4-3-10(14)15/h5-6,8H,1-4H2,(H3,14,15). The van der Waals surface area contributed by atoms with Crippen LogP contribution < -0.4 is 10.6 Å². The second-order valence-corrected chi connectivity index (χ2v) is 5.00. The van der Waals surface area contributed by atoms with Crippen molar-refractivity contribution < 1.29 is 0 Å². The van der Waals surface area contributed by atoms with E-state index >= 15 is 0 Å². The first-order valence-electron chi connectivity index (χ1n) is 5.48. The van der Waals surface area contributed by atoms with E-state index < -0.39 is 0 Å². The van der Waals surface area contributed by atoms with Crippen LogP contribution in [0.15, 0.2) is 12.3 Å². The molecule has 0 aromatic carbocycles. The highest BCUT2D eigenvalue weighted by molar-refractivity contribution is 6.36. The zero-order chi connectivity index (χ0) is 12.4. The van der Waals surface area contributed by atoms with Crippen LogP contribution in [0.1, 0.15) is 19.3 Å². The summed E-state index contributed by atoms with van der Waals surface area (Å²) in [6.07, 6.45) is 4.39. The minimum absolute atomic E-state index is 0.181. The van der Waals surface area contributed by atoms with Crippen molar-refractivity contribution >= 4 is 34.9 Å². The molecule has 0 unspecified atom stereocenters. The summed E-state index contributed by atoms with van der Waals surface area (Å²) in [7, 11) is 0. The summed E-state index contributed by atoms with van der Waals surface area (Å²) in [5.74, 6) is 0.917. The number of amidine groups is 1. The van der Waals surface area contributed by atoms with Crippen molar-refractivity contribution in [1.29, 1.82) is 5.41 Å². The minimum atomic E-state index is 0.181. The Hall–Kier alpha value is -1.000. The lowest BCUT2D eigenvalue weighted by atomic mass is 10.3. The van der Waals surface area contributed by atoms with Gasteiger partial charge in [0.2, 0.25) is 0 Å². The molecule has 0 radical (unpaired) electrons. The molecule has 1 heterocycles. The van der Waals surface area contributed by atoms with Crippen LogP contribution in [-0.2, 0) is 0 Å². The van der Waals surface area contributed by atoms with Crippen molar-refractivity contribution in [2.45, 2.75) is 25.3 Å². The van der Waals surface area contributed by atoms with Gasteiger partial charge in [-0.1, -0.05) is 23.2 Å². The second-order valence-electron chi connectivity index (χ2n) is 4.16. The van der Waals surface area contributed by atoms with Crippen LogP contribution in [0.25, 0.3) is 0 Å². The number of aromatic nitrogens is 1. The number of hydrogen-bond acceptors (Lipinski definition) is 3. The number of nitrogens with one attached hydrogen (secondary N) is 1. The van der Waals surface area contributed by atoms with E-state index in [-0.39, 0.29) is 5.84 Å². The average Bonchev–Trinajstić information content (AvgIpc) is 3.04. The molecule has 1 aromatic heterocycles. The molecule has 0 aliphatic heterocycles. The number of nitrogens with two attached hydrogens (primary N) is 1. The fourth-order valence-corrected chi connectivity index (χ4v) is 2.20. The Kier molecular flexibility index (Phi) is 3.74. The first kappa shape index (κ1) is 12.5. The first-order chi connectivity index (χ1) is 8.08. The molecule has 2 rings (SSSR count). The van der Waals surface area contributed by atoms with Crippen LogP contribution in [-0.4, -0.2) is 23.4 Å². The van der Waals surface area contributed by atoms with Gasteiger partial charge in [-0.25, -0.2) is 4.98 Å². The molecular formula is C11H14Cl2N4. The van der Waals surface area contributed by atoms with Crippen LogP contribution in [0.4, 0.5) is 5.82 Å². The molecule has 1 aromatic rings. The molecule has 17 heavy (non-hydrogen) atoms. The Morgan fingerprint density at radius 2 is 2.24 bits per heavy atom. The fraction of sp³-hybridized carbons (Fsp3) is 0.455. The monoisotopic (exact) mass is 272 g/mol. The predicted molar refractivity (Wildman–Crippen MR) is 71.2 cm³/mol. The van der Waals surface area contributed by atoms with Crippen molar-refractivity contribution in [3.8, 4) is 0 Å². The Balaban J connectivity index is 2.17. The average molecular weight is 273 g/mol. The van der Waals surface area contributed by atoms with Gasteiger partial charge in [0.25, 0.3) is 0 Å². The van der Waals surface area contributed by atoms with E-state index in [4.69, 9.17) is 34.3 Å². The summed E-state index contributed by atoms with van der Waals surface area (Å²) in [5.41, 5.74) is 5.38. The van der Waals surface area contributed by atoms with E-state index in [2.05, 4.69) is 9.88 Å². The van der Waals surface area contributed by atoms with Crippen molar-refractivity contribution in [3.05, 3.63) is 22.3 Å². The van der Waals surface area contributed by atoms with E-state index in [1.807, 2.05) is 0 Å². The lowest BCUT2D eigenvalue weighted by molar-refractivity contribution is 0.782. The van der Waals surface area contributed by atoms with Gasteiger partial charge < -0.3 is 10.6 Å². The van der Waals surface area contributed by atoms with Crippen LogP contribution in [0.3, 0.4) is 0 Å². The quantitative estimate of drug-likeness (QED) is 0.640. The summed E-state index contributed by atoms with van der Waals surface area (Å²) >= 11 is 12.0. The molecule has 3 N–H and O–H groups in total. The molecule has 1 fully saturated rings. The van der Waals surface area contributed by atoms with Gasteiger partial charge in [0.05, 0.1) is 15.9 Å². The number of rotatable bonds is 5. The number of pyridine rings is 1. The van der Waals surface area contributed by atoms with Gasteiger partial charge in [-0.05, 0) is 18.9 Å². The summed E-state index contributed by atoms with van der Waals surface area (Å²) < 4.78 is 0. The highest BCUT2D eigenvalue weighted by Crippen LogP contribution is 2.35. The Morgan fingerprint density at radius 3 is 2.76 bits per heavy atom. The Labute approximate surface area is 110 Å². The number of anilines is 1. The van der Waals surface area contributed by atoms with Crippen molar-refractivity contribution in [2.24, 2.45) is 5.73 Å². The summed E-state index contributed by atoms with van der Waals surface area (Å²) in [4.78, 5) is 6.38. The number of hydrogen-bond donors (Lipinski definition) is 2. The summed E-state index contributed by atoms with van der Waals surface area (Å²) in [5, 5.41) is 8.35. The van der Waals surface area contributed by atoms with Crippen LogP contribution >= 0.6 is 23.2 Å². The van der Waals surface area contributed by atoms with Crippen LogP contribution in [0, 0.1) is 5.41 Å². The van der Waals surface area contributed by atoms with Crippen molar-refractivity contribution in [1.82, 2.24) is 4.98 Å². The Morgan fingerprint density at radius 1 is 1.53 bits per heavy atom. The lowest BCUT2D eigenvalue weighted by Gasteiger charge is -2.24. The largest absolute Gasteiger partial charge is 0.388 e. The molecule has 1 aliphatic rings. The second kappa shape index (κ2) is 5.10. The SMILES string of the molecule is N=C(N)CCN(c1ncc(Cl)cc1Cl)C1CC1. The zero-order valence-corrected chi connectivity index (χ0v) is 10.8. The van der Waals surface area contributed by atoms with Gasteiger partial charge in [-0.15, -0.1) is 0 Å². The van der Waals surface area contributed by atoms with Crippen molar-refractivity contribution in [3.63, 3.8) is 0 Å². The van der Waals surface area contributed by atoms with E-state index in [9.17, 15) is 0 Å². The molecule has 0 atom stereocenters. The highest BCUT2D eigenvalue weighted by Gasteiger charge is 2.31. The van der Waals surface area contributed by atoms with E-state index in [1.165, 1.54) is 0 Å². The van der Waals surface area contributed by atoms with Gasteiger partial charge in [0.15, 0.2) is 0 Å². The third-order valence-corrected chi connectivity index (χ3v) is 3.15. The molecule has 0 spiro atoms. The molecule has 0 bridgehead atoms. The smallest absolute Gasteiger partial charge is 0.147 e. The number of nitrogens with zero attached hydrogens (tertiary/aromatic N) is 2. The van der Waals surface area contributed by atoms with Crippen LogP contribution in [0.5, 0.6) is 0 Å². The normalized spacial score (nSPS) is 14.7. The fourth-order valence-electron chi connectivity index (χ4n) is 1.71. The summed E-state index contributed by atoms with van der Waals surface area (Å²) in [6, 6.07) is 2.16. The molecule has 4 nitrogen and oxygen atoms in total. The molecular weight excluding hydrogens is 259 g/mol. The summed E-state index contributed by atoms with van der Waals surface area (Å²) in [6.45, 7) is 0.675. The molecule has 6 heteroatoms. The Bertz CT molecular complexity index is 431. The third kappa shape index (κ3) is 3.23.